The second-order valence-corrected chi connectivity index (χ2v) is 5.02. The van der Waals surface area contributed by atoms with Gasteiger partial charge in [-0.3, -0.25) is 10.1 Å². The number of carboxylic acids is 1. The maximum Gasteiger partial charge on any atom is 0.344 e. The Kier molecular flexibility index (Phi) is 4.05. The van der Waals surface area contributed by atoms with E-state index in [1.807, 2.05) is 24.3 Å². The zero-order valence-electron chi connectivity index (χ0n) is 12.4. The Morgan fingerprint density at radius 3 is 2.61 bits per heavy atom. The van der Waals surface area contributed by atoms with E-state index in [9.17, 15) is 4.79 Å². The molecular formula is C17H15N3O3. The molecule has 0 spiro atoms. The Labute approximate surface area is 132 Å². The average molecular weight is 309 g/mol. The first-order valence-corrected chi connectivity index (χ1v) is 7.09. The maximum atomic E-state index is 10.8. The van der Waals surface area contributed by atoms with Gasteiger partial charge in [-0.25, -0.2) is 4.79 Å². The Balaban J connectivity index is 1.86. The highest BCUT2D eigenvalue weighted by Gasteiger charge is 2.13. The molecule has 2 N–H and O–H groups in total. The van der Waals surface area contributed by atoms with Crippen LogP contribution in [0.1, 0.15) is 6.92 Å². The second kappa shape index (κ2) is 6.31. The quantitative estimate of drug-likeness (QED) is 0.756. The molecule has 1 aromatic carbocycles. The standard InChI is InChI=1S/C17H15N3O3/c1-11(17(21)22)23-14-6-4-12(5-7-14)15-10-19-20-16(15)13-3-2-8-18-9-13/h2-11H,1H3,(H,19,20)(H,21,22). The van der Waals surface area contributed by atoms with Gasteiger partial charge in [0.15, 0.2) is 6.10 Å². The molecule has 3 aromatic rings. The SMILES string of the molecule is CC(Oc1ccc(-c2cn[nH]c2-c2cccnc2)cc1)C(=O)O. The highest BCUT2D eigenvalue weighted by molar-refractivity contribution is 5.80. The van der Waals surface area contributed by atoms with Crippen molar-refractivity contribution in [1.29, 1.82) is 0 Å². The van der Waals surface area contributed by atoms with E-state index >= 15 is 0 Å². The summed E-state index contributed by atoms with van der Waals surface area (Å²) in [7, 11) is 0. The number of aliphatic carboxylic acids is 1. The first-order chi connectivity index (χ1) is 11.1. The third-order valence-corrected chi connectivity index (χ3v) is 3.42. The number of hydrogen-bond donors (Lipinski definition) is 2. The molecule has 23 heavy (non-hydrogen) atoms. The number of carbonyl (C=O) groups is 1. The van der Waals surface area contributed by atoms with Crippen LogP contribution in [0.4, 0.5) is 0 Å². The van der Waals surface area contributed by atoms with Crippen molar-refractivity contribution in [3.63, 3.8) is 0 Å². The van der Waals surface area contributed by atoms with Crippen LogP contribution in [0.25, 0.3) is 22.4 Å². The number of carboxylic acid groups (broad SMARTS) is 1. The molecule has 0 amide bonds. The molecule has 6 nitrogen and oxygen atoms in total. The molecule has 2 heterocycles. The van der Waals surface area contributed by atoms with E-state index in [4.69, 9.17) is 9.84 Å². The van der Waals surface area contributed by atoms with Gasteiger partial charge in [-0.05, 0) is 36.8 Å². The van der Waals surface area contributed by atoms with Crippen LogP contribution in [-0.4, -0.2) is 32.4 Å². The van der Waals surface area contributed by atoms with Crippen LogP contribution >= 0.6 is 0 Å². The number of benzene rings is 1. The van der Waals surface area contributed by atoms with Crippen LogP contribution < -0.4 is 4.74 Å². The largest absolute Gasteiger partial charge is 0.479 e. The average Bonchev–Trinajstić information content (AvgIpc) is 3.06. The van der Waals surface area contributed by atoms with Gasteiger partial charge in [0.25, 0.3) is 0 Å². The summed E-state index contributed by atoms with van der Waals surface area (Å²) in [5.74, 6) is -0.488. The molecule has 0 aliphatic rings. The lowest BCUT2D eigenvalue weighted by molar-refractivity contribution is -0.144. The Bertz CT molecular complexity index is 797. The van der Waals surface area contributed by atoms with Crippen molar-refractivity contribution in [1.82, 2.24) is 15.2 Å². The lowest BCUT2D eigenvalue weighted by Gasteiger charge is -2.10. The van der Waals surface area contributed by atoms with E-state index in [2.05, 4.69) is 15.2 Å². The number of pyridine rings is 1. The van der Waals surface area contributed by atoms with Crippen molar-refractivity contribution in [2.24, 2.45) is 0 Å². The molecule has 0 radical (unpaired) electrons. The highest BCUT2D eigenvalue weighted by atomic mass is 16.5. The number of nitrogens with one attached hydrogen (secondary N) is 1. The summed E-state index contributed by atoms with van der Waals surface area (Å²) in [6, 6.07) is 11.0. The fourth-order valence-corrected chi connectivity index (χ4v) is 2.20. The van der Waals surface area contributed by atoms with Gasteiger partial charge in [0.2, 0.25) is 0 Å². The smallest absolute Gasteiger partial charge is 0.344 e. The van der Waals surface area contributed by atoms with Crippen LogP contribution in [0.5, 0.6) is 5.75 Å². The molecule has 0 aliphatic carbocycles. The predicted octanol–water partition coefficient (Wildman–Crippen LogP) is 2.99. The summed E-state index contributed by atoms with van der Waals surface area (Å²) < 4.78 is 5.33. The summed E-state index contributed by atoms with van der Waals surface area (Å²) in [6.07, 6.45) is 4.34. The molecular weight excluding hydrogens is 294 g/mol. The van der Waals surface area contributed by atoms with E-state index in [0.717, 1.165) is 22.4 Å². The fraction of sp³-hybridized carbons (Fsp3) is 0.118. The number of hydrogen-bond acceptors (Lipinski definition) is 4. The van der Waals surface area contributed by atoms with Crippen molar-refractivity contribution in [3.8, 4) is 28.1 Å². The minimum Gasteiger partial charge on any atom is -0.479 e. The number of ether oxygens (including phenoxy) is 1. The minimum atomic E-state index is -0.997. The number of aromatic amines is 1. The molecule has 1 unspecified atom stereocenters. The zero-order valence-corrected chi connectivity index (χ0v) is 12.4. The Morgan fingerprint density at radius 1 is 1.17 bits per heavy atom. The molecule has 116 valence electrons. The molecule has 0 fully saturated rings. The van der Waals surface area contributed by atoms with Gasteiger partial charge in [-0.15, -0.1) is 0 Å². The molecule has 2 aromatic heterocycles. The van der Waals surface area contributed by atoms with Crippen LogP contribution in [-0.2, 0) is 4.79 Å². The number of rotatable bonds is 5. The topological polar surface area (TPSA) is 88.1 Å². The Morgan fingerprint density at radius 2 is 1.96 bits per heavy atom. The van der Waals surface area contributed by atoms with Gasteiger partial charge in [-0.2, -0.15) is 5.10 Å². The van der Waals surface area contributed by atoms with Crippen molar-refractivity contribution >= 4 is 5.97 Å². The zero-order chi connectivity index (χ0) is 16.2. The van der Waals surface area contributed by atoms with E-state index in [0.29, 0.717) is 5.75 Å². The van der Waals surface area contributed by atoms with Crippen molar-refractivity contribution < 1.29 is 14.6 Å². The third kappa shape index (κ3) is 3.21. The molecule has 0 saturated heterocycles. The van der Waals surface area contributed by atoms with Crippen LogP contribution in [0.3, 0.4) is 0 Å². The van der Waals surface area contributed by atoms with E-state index in [1.54, 1.807) is 30.7 Å². The Hall–Kier alpha value is -3.15. The van der Waals surface area contributed by atoms with Gasteiger partial charge in [0, 0.05) is 23.5 Å². The van der Waals surface area contributed by atoms with E-state index in [1.165, 1.54) is 6.92 Å². The number of H-pyrrole nitrogens is 1. The van der Waals surface area contributed by atoms with Crippen molar-refractivity contribution in [3.05, 3.63) is 55.0 Å². The summed E-state index contributed by atoms with van der Waals surface area (Å²) in [5, 5.41) is 16.0. The molecule has 0 aliphatic heterocycles. The molecule has 1 atom stereocenters. The van der Waals surface area contributed by atoms with Gasteiger partial charge >= 0.3 is 5.97 Å². The highest BCUT2D eigenvalue weighted by Crippen LogP contribution is 2.30. The summed E-state index contributed by atoms with van der Waals surface area (Å²) in [6.45, 7) is 1.49. The van der Waals surface area contributed by atoms with Gasteiger partial charge in [0.05, 0.1) is 11.9 Å². The third-order valence-electron chi connectivity index (χ3n) is 3.42. The fourth-order valence-electron chi connectivity index (χ4n) is 2.20. The van der Waals surface area contributed by atoms with Gasteiger partial charge < -0.3 is 9.84 Å². The monoisotopic (exact) mass is 309 g/mol. The molecule has 3 rings (SSSR count). The van der Waals surface area contributed by atoms with Gasteiger partial charge in [0.1, 0.15) is 5.75 Å². The summed E-state index contributed by atoms with van der Waals surface area (Å²) >= 11 is 0. The lowest BCUT2D eigenvalue weighted by Crippen LogP contribution is -2.22. The molecule has 6 heteroatoms. The number of aromatic nitrogens is 3. The van der Waals surface area contributed by atoms with Crippen LogP contribution in [0.15, 0.2) is 55.0 Å². The second-order valence-electron chi connectivity index (χ2n) is 5.02. The normalized spacial score (nSPS) is 11.9. The predicted molar refractivity (Wildman–Crippen MR) is 85.0 cm³/mol. The van der Waals surface area contributed by atoms with E-state index in [-0.39, 0.29) is 0 Å². The molecule has 0 bridgehead atoms. The minimum absolute atomic E-state index is 0.509. The maximum absolute atomic E-state index is 10.8. The number of nitrogens with zero attached hydrogens (tertiary/aromatic N) is 2. The first-order valence-electron chi connectivity index (χ1n) is 7.09. The van der Waals surface area contributed by atoms with Gasteiger partial charge in [-0.1, -0.05) is 12.1 Å². The molecule has 0 saturated carbocycles. The van der Waals surface area contributed by atoms with E-state index < -0.39 is 12.1 Å². The first kappa shape index (κ1) is 14.8. The lowest BCUT2D eigenvalue weighted by atomic mass is 10.0. The van der Waals surface area contributed by atoms with Crippen molar-refractivity contribution in [2.75, 3.05) is 0 Å². The van der Waals surface area contributed by atoms with Crippen LogP contribution in [0.2, 0.25) is 0 Å². The summed E-state index contributed by atoms with van der Waals surface area (Å²) in [4.78, 5) is 14.9. The van der Waals surface area contributed by atoms with Crippen molar-refractivity contribution in [2.45, 2.75) is 13.0 Å². The summed E-state index contributed by atoms with van der Waals surface area (Å²) in [5.41, 5.74) is 3.72. The van der Waals surface area contributed by atoms with Crippen LogP contribution in [0, 0.1) is 0 Å².